The van der Waals surface area contributed by atoms with Crippen LogP contribution in [0.15, 0.2) is 23.6 Å². The number of carbonyl (C=O) groups is 1. The molecule has 0 bridgehead atoms. The highest BCUT2D eigenvalue weighted by Gasteiger charge is 2.20. The number of hydrogen-bond donors (Lipinski definition) is 3. The Balaban J connectivity index is 1.64. The van der Waals surface area contributed by atoms with Crippen molar-refractivity contribution >= 4 is 5.91 Å². The van der Waals surface area contributed by atoms with Crippen molar-refractivity contribution in [2.45, 2.75) is 57.1 Å². The summed E-state index contributed by atoms with van der Waals surface area (Å²) in [7, 11) is 0. The summed E-state index contributed by atoms with van der Waals surface area (Å²) in [6.45, 7) is 0.805. The van der Waals surface area contributed by atoms with E-state index in [2.05, 4.69) is 10.6 Å². The maximum absolute atomic E-state index is 12.8. The van der Waals surface area contributed by atoms with Crippen LogP contribution in [0.1, 0.15) is 44.9 Å². The topological polar surface area (TPSA) is 61.4 Å². The molecule has 1 saturated carbocycles. The van der Waals surface area contributed by atoms with Crippen LogP contribution in [-0.4, -0.2) is 36.2 Å². The molecule has 1 fully saturated rings. The van der Waals surface area contributed by atoms with E-state index in [1.807, 2.05) is 0 Å². The summed E-state index contributed by atoms with van der Waals surface area (Å²) in [6, 6.07) is 0.218. The van der Waals surface area contributed by atoms with Crippen molar-refractivity contribution in [2.24, 2.45) is 0 Å². The van der Waals surface area contributed by atoms with Crippen LogP contribution in [0.3, 0.4) is 0 Å². The lowest BCUT2D eigenvalue weighted by Crippen LogP contribution is -2.46. The summed E-state index contributed by atoms with van der Waals surface area (Å²) in [4.78, 5) is 11.9. The summed E-state index contributed by atoms with van der Waals surface area (Å²) in [6.07, 6.45) is 8.91. The SMILES string of the molecule is O=C(NC1CCCCC1)C(O)CNCC1=CC=C(F)CC1. The molecule has 0 saturated heterocycles. The van der Waals surface area contributed by atoms with E-state index in [0.29, 0.717) is 19.4 Å². The second-order valence-corrected chi connectivity index (χ2v) is 5.93. The van der Waals surface area contributed by atoms with E-state index < -0.39 is 6.10 Å². The normalized spacial score (nSPS) is 21.4. The van der Waals surface area contributed by atoms with E-state index in [9.17, 15) is 14.3 Å². The predicted octanol–water partition coefficient (Wildman–Crippen LogP) is 1.96. The zero-order valence-electron chi connectivity index (χ0n) is 12.4. The quantitative estimate of drug-likeness (QED) is 0.702. The van der Waals surface area contributed by atoms with Crippen LogP contribution in [0.2, 0.25) is 0 Å². The van der Waals surface area contributed by atoms with Gasteiger partial charge in [-0.05, 0) is 25.3 Å². The van der Waals surface area contributed by atoms with Gasteiger partial charge in [-0.15, -0.1) is 0 Å². The van der Waals surface area contributed by atoms with Crippen molar-refractivity contribution < 1.29 is 14.3 Å². The third-order valence-electron chi connectivity index (χ3n) is 4.13. The first-order valence-corrected chi connectivity index (χ1v) is 7.88. The van der Waals surface area contributed by atoms with Crippen LogP contribution in [0, 0.1) is 0 Å². The number of allylic oxidation sites excluding steroid dienone is 3. The zero-order valence-corrected chi connectivity index (χ0v) is 12.4. The lowest BCUT2D eigenvalue weighted by molar-refractivity contribution is -0.130. The van der Waals surface area contributed by atoms with Crippen LogP contribution in [0.4, 0.5) is 4.39 Å². The molecule has 0 aromatic heterocycles. The van der Waals surface area contributed by atoms with Crippen molar-refractivity contribution in [1.82, 2.24) is 10.6 Å². The molecule has 3 N–H and O–H groups in total. The molecule has 2 rings (SSSR count). The first-order valence-electron chi connectivity index (χ1n) is 7.88. The Kier molecular flexibility index (Phi) is 6.39. The molecule has 0 aromatic carbocycles. The minimum absolute atomic E-state index is 0.0920. The number of rotatable bonds is 6. The number of halogens is 1. The second kappa shape index (κ2) is 8.29. The van der Waals surface area contributed by atoms with E-state index >= 15 is 0 Å². The van der Waals surface area contributed by atoms with Gasteiger partial charge in [-0.3, -0.25) is 4.79 Å². The molecule has 0 radical (unpaired) electrons. The summed E-state index contributed by atoms with van der Waals surface area (Å²) in [5.41, 5.74) is 1.09. The predicted molar refractivity (Wildman–Crippen MR) is 80.4 cm³/mol. The van der Waals surface area contributed by atoms with E-state index in [4.69, 9.17) is 0 Å². The summed E-state index contributed by atoms with van der Waals surface area (Å²) < 4.78 is 12.8. The molecule has 5 heteroatoms. The van der Waals surface area contributed by atoms with Gasteiger partial charge < -0.3 is 15.7 Å². The van der Waals surface area contributed by atoms with E-state index in [0.717, 1.165) is 31.3 Å². The molecule has 2 aliphatic carbocycles. The van der Waals surface area contributed by atoms with Gasteiger partial charge in [0.05, 0.1) is 0 Å². The number of aliphatic hydroxyl groups is 1. The standard InChI is InChI=1S/C16H25FN2O2/c17-13-8-6-12(7-9-13)10-18-11-15(20)16(21)19-14-4-2-1-3-5-14/h6,8,14-15,18,20H,1-5,7,9-11H2,(H,19,21). The molecule has 21 heavy (non-hydrogen) atoms. The second-order valence-electron chi connectivity index (χ2n) is 5.93. The minimum Gasteiger partial charge on any atom is -0.382 e. The minimum atomic E-state index is -1.02. The zero-order chi connectivity index (χ0) is 15.1. The molecule has 1 amide bonds. The van der Waals surface area contributed by atoms with Gasteiger partial charge in [0.2, 0.25) is 5.91 Å². The Morgan fingerprint density at radius 2 is 2.05 bits per heavy atom. The number of nitrogens with one attached hydrogen (secondary N) is 2. The average Bonchev–Trinajstić information content (AvgIpc) is 2.50. The third-order valence-corrected chi connectivity index (χ3v) is 4.13. The van der Waals surface area contributed by atoms with Crippen LogP contribution in [0.25, 0.3) is 0 Å². The fourth-order valence-corrected chi connectivity index (χ4v) is 2.81. The molecule has 0 aromatic rings. The highest BCUT2D eigenvalue weighted by molar-refractivity contribution is 5.81. The molecule has 0 heterocycles. The van der Waals surface area contributed by atoms with Crippen LogP contribution >= 0.6 is 0 Å². The van der Waals surface area contributed by atoms with Crippen molar-refractivity contribution in [3.8, 4) is 0 Å². The largest absolute Gasteiger partial charge is 0.382 e. The molecule has 1 atom stereocenters. The lowest BCUT2D eigenvalue weighted by atomic mass is 9.95. The van der Waals surface area contributed by atoms with Gasteiger partial charge >= 0.3 is 0 Å². The Labute approximate surface area is 125 Å². The summed E-state index contributed by atoms with van der Waals surface area (Å²) >= 11 is 0. The smallest absolute Gasteiger partial charge is 0.250 e. The van der Waals surface area contributed by atoms with Gasteiger partial charge in [0.15, 0.2) is 0 Å². The first kappa shape index (κ1) is 16.2. The molecule has 0 aliphatic heterocycles. The van der Waals surface area contributed by atoms with Crippen LogP contribution in [0.5, 0.6) is 0 Å². The molecule has 1 unspecified atom stereocenters. The first-order chi connectivity index (χ1) is 10.1. The number of amides is 1. The lowest BCUT2D eigenvalue weighted by Gasteiger charge is -2.24. The third kappa shape index (κ3) is 5.59. The van der Waals surface area contributed by atoms with E-state index in [1.54, 1.807) is 6.08 Å². The van der Waals surface area contributed by atoms with E-state index in [-0.39, 0.29) is 24.3 Å². The Morgan fingerprint density at radius 3 is 2.71 bits per heavy atom. The van der Waals surface area contributed by atoms with Crippen molar-refractivity contribution in [2.75, 3.05) is 13.1 Å². The molecule has 0 spiro atoms. The van der Waals surface area contributed by atoms with Gasteiger partial charge in [-0.2, -0.15) is 0 Å². The van der Waals surface area contributed by atoms with Gasteiger partial charge in [0, 0.05) is 25.6 Å². The average molecular weight is 296 g/mol. The summed E-state index contributed by atoms with van der Waals surface area (Å²) in [5, 5.41) is 15.8. The fraction of sp³-hybridized carbons (Fsp3) is 0.688. The number of hydrogen-bond acceptors (Lipinski definition) is 3. The molecule has 2 aliphatic rings. The number of aliphatic hydroxyl groups excluding tert-OH is 1. The Morgan fingerprint density at radius 1 is 1.29 bits per heavy atom. The van der Waals surface area contributed by atoms with Crippen LogP contribution in [-0.2, 0) is 4.79 Å². The monoisotopic (exact) mass is 296 g/mol. The molecular weight excluding hydrogens is 271 g/mol. The van der Waals surface area contributed by atoms with Gasteiger partial charge in [-0.25, -0.2) is 4.39 Å². The fourth-order valence-electron chi connectivity index (χ4n) is 2.81. The van der Waals surface area contributed by atoms with Crippen molar-refractivity contribution in [3.63, 3.8) is 0 Å². The van der Waals surface area contributed by atoms with Crippen LogP contribution < -0.4 is 10.6 Å². The number of carbonyl (C=O) groups excluding carboxylic acids is 1. The molecule has 118 valence electrons. The highest BCUT2D eigenvalue weighted by Crippen LogP contribution is 2.18. The Hall–Kier alpha value is -1.20. The van der Waals surface area contributed by atoms with Crippen molar-refractivity contribution in [1.29, 1.82) is 0 Å². The van der Waals surface area contributed by atoms with Gasteiger partial charge in [-0.1, -0.05) is 30.9 Å². The van der Waals surface area contributed by atoms with Gasteiger partial charge in [0.1, 0.15) is 11.9 Å². The molecule has 4 nitrogen and oxygen atoms in total. The Bertz CT molecular complexity index is 415. The maximum Gasteiger partial charge on any atom is 0.250 e. The highest BCUT2D eigenvalue weighted by atomic mass is 19.1. The van der Waals surface area contributed by atoms with E-state index in [1.165, 1.54) is 12.5 Å². The molecular formula is C16H25FN2O2. The maximum atomic E-state index is 12.8. The summed E-state index contributed by atoms with van der Waals surface area (Å²) in [5.74, 6) is -0.386. The van der Waals surface area contributed by atoms with Gasteiger partial charge in [0.25, 0.3) is 0 Å². The van der Waals surface area contributed by atoms with Crippen molar-refractivity contribution in [3.05, 3.63) is 23.6 Å².